The molecule has 3 aromatic heterocycles. The van der Waals surface area contributed by atoms with Crippen molar-refractivity contribution in [2.45, 2.75) is 0 Å². The lowest BCUT2D eigenvalue weighted by Crippen LogP contribution is -2.15. The van der Waals surface area contributed by atoms with Crippen molar-refractivity contribution in [2.75, 3.05) is 0 Å². The maximum atomic E-state index is 6.34. The Labute approximate surface area is 240 Å². The van der Waals surface area contributed by atoms with E-state index in [1.807, 2.05) is 97.1 Å². The first-order valence-corrected chi connectivity index (χ1v) is 13.7. The van der Waals surface area contributed by atoms with Crippen LogP contribution in [-0.4, -0.2) is 15.0 Å². The number of hydrogen-bond acceptors (Lipinski definition) is 5. The minimum absolute atomic E-state index is 0.577. The highest BCUT2D eigenvalue weighted by atomic mass is 16.3. The van der Waals surface area contributed by atoms with Crippen molar-refractivity contribution in [3.63, 3.8) is 0 Å². The van der Waals surface area contributed by atoms with Gasteiger partial charge in [-0.1, -0.05) is 104 Å². The van der Waals surface area contributed by atoms with Crippen LogP contribution in [0.1, 0.15) is 0 Å². The molecule has 5 aromatic carbocycles. The molecular weight excluding hydrogens is 518 g/mol. The van der Waals surface area contributed by atoms with E-state index >= 15 is 0 Å². The molecule has 0 radical (unpaired) electrons. The predicted octanol–water partition coefficient (Wildman–Crippen LogP) is 8.01. The number of nitrogens with zero attached hydrogens (tertiary/aromatic N) is 3. The zero-order valence-corrected chi connectivity index (χ0v) is 22.5. The highest BCUT2D eigenvalue weighted by Gasteiger charge is 2.19. The summed E-state index contributed by atoms with van der Waals surface area (Å²) in [4.78, 5) is 14.8. The van der Waals surface area contributed by atoms with E-state index in [4.69, 9.17) is 23.8 Å². The van der Waals surface area contributed by atoms with Crippen LogP contribution in [-0.2, 0) is 0 Å². The van der Waals surface area contributed by atoms with Crippen molar-refractivity contribution >= 4 is 46.1 Å². The highest BCUT2D eigenvalue weighted by molar-refractivity contribution is 6.13. The van der Waals surface area contributed by atoms with Gasteiger partial charge in [0.05, 0.1) is 0 Å². The van der Waals surface area contributed by atoms with Gasteiger partial charge in [-0.05, 0) is 35.4 Å². The Hall–Kier alpha value is -5.81. The van der Waals surface area contributed by atoms with Gasteiger partial charge < -0.3 is 8.83 Å². The molecule has 0 atom stereocenters. The molecule has 5 nitrogen and oxygen atoms in total. The van der Waals surface area contributed by atoms with Crippen LogP contribution in [0.2, 0.25) is 0 Å². The molecule has 0 N–H and O–H groups in total. The van der Waals surface area contributed by atoms with E-state index < -0.39 is 0 Å². The van der Waals surface area contributed by atoms with Gasteiger partial charge in [-0.15, -0.1) is 0 Å². The summed E-state index contributed by atoms with van der Waals surface area (Å²) in [5, 5.41) is 3.69. The molecule has 3 heterocycles. The van der Waals surface area contributed by atoms with E-state index in [0.717, 1.165) is 65.9 Å². The summed E-state index contributed by atoms with van der Waals surface area (Å²) in [6, 6.07) is 38.2. The molecule has 0 bridgehead atoms. The van der Waals surface area contributed by atoms with Gasteiger partial charge in [-0.25, -0.2) is 15.0 Å². The predicted molar refractivity (Wildman–Crippen MR) is 169 cm³/mol. The molecule has 5 heteroatoms. The second-order valence-corrected chi connectivity index (χ2v) is 10.2. The molecule has 0 spiro atoms. The third kappa shape index (κ3) is 3.83. The van der Waals surface area contributed by atoms with Crippen LogP contribution in [0.25, 0.3) is 91.4 Å². The fourth-order valence-corrected chi connectivity index (χ4v) is 5.61. The highest BCUT2D eigenvalue weighted by Crippen LogP contribution is 2.39. The topological polar surface area (TPSA) is 65.0 Å². The molecule has 0 saturated carbocycles. The summed E-state index contributed by atoms with van der Waals surface area (Å²) in [7, 11) is 0. The van der Waals surface area contributed by atoms with Crippen LogP contribution < -0.4 is 10.6 Å². The Balaban J connectivity index is 1.39. The molecule has 198 valence electrons. The molecule has 0 saturated heterocycles. The first kappa shape index (κ1) is 24.0. The smallest absolute Gasteiger partial charge is 0.164 e. The summed E-state index contributed by atoms with van der Waals surface area (Å²) in [6.45, 7) is 8.23. The minimum Gasteiger partial charge on any atom is -0.457 e. The van der Waals surface area contributed by atoms with Gasteiger partial charge in [-0.2, -0.15) is 0 Å². The van der Waals surface area contributed by atoms with Crippen LogP contribution in [0.15, 0.2) is 124 Å². The molecule has 42 heavy (non-hydrogen) atoms. The molecule has 0 aliphatic carbocycles. The van der Waals surface area contributed by atoms with Crippen molar-refractivity contribution < 1.29 is 8.83 Å². The Bertz CT molecular complexity index is 2330. The molecule has 0 amide bonds. The summed E-state index contributed by atoms with van der Waals surface area (Å²) in [6.07, 6.45) is 0. The lowest BCUT2D eigenvalue weighted by Gasteiger charge is -2.09. The van der Waals surface area contributed by atoms with Crippen LogP contribution in [0.5, 0.6) is 0 Å². The number of furan rings is 2. The quantitative estimate of drug-likeness (QED) is 0.226. The number of hydrogen-bond donors (Lipinski definition) is 0. The van der Waals surface area contributed by atoms with Gasteiger partial charge in [-0.3, -0.25) is 0 Å². The molecule has 8 aromatic rings. The average molecular weight is 542 g/mol. The van der Waals surface area contributed by atoms with Gasteiger partial charge in [0.15, 0.2) is 17.5 Å². The van der Waals surface area contributed by atoms with Crippen molar-refractivity contribution in [2.24, 2.45) is 0 Å². The van der Waals surface area contributed by atoms with Crippen LogP contribution >= 0.6 is 0 Å². The van der Waals surface area contributed by atoms with Crippen molar-refractivity contribution in [3.05, 3.63) is 126 Å². The van der Waals surface area contributed by atoms with E-state index in [2.05, 4.69) is 31.4 Å². The summed E-state index contributed by atoms with van der Waals surface area (Å²) >= 11 is 0. The average Bonchev–Trinajstić information content (AvgIpc) is 3.57. The van der Waals surface area contributed by atoms with Crippen LogP contribution in [0.3, 0.4) is 0 Å². The van der Waals surface area contributed by atoms with Gasteiger partial charge in [0.25, 0.3) is 0 Å². The minimum atomic E-state index is 0.577. The molecule has 0 aliphatic rings. The SMILES string of the molecule is C=c1oc2cccc(-c3ccc4oc5cccc(-c6nc(-c7ccccc7)nc(-c7ccccc7)n6)c5c4c3)c2c1=C. The molecule has 0 fully saturated rings. The molecule has 0 aliphatic heterocycles. The fourth-order valence-electron chi connectivity index (χ4n) is 5.61. The normalized spacial score (nSPS) is 11.5. The first-order valence-electron chi connectivity index (χ1n) is 13.7. The van der Waals surface area contributed by atoms with E-state index in [0.29, 0.717) is 22.9 Å². The third-order valence-electron chi connectivity index (χ3n) is 7.64. The Morgan fingerprint density at radius 1 is 0.452 bits per heavy atom. The largest absolute Gasteiger partial charge is 0.457 e. The van der Waals surface area contributed by atoms with Crippen molar-refractivity contribution in [3.8, 4) is 45.3 Å². The van der Waals surface area contributed by atoms with E-state index in [9.17, 15) is 0 Å². The summed E-state index contributed by atoms with van der Waals surface area (Å²) < 4.78 is 12.2. The van der Waals surface area contributed by atoms with E-state index in [-0.39, 0.29) is 0 Å². The maximum Gasteiger partial charge on any atom is 0.164 e. The van der Waals surface area contributed by atoms with Crippen LogP contribution in [0.4, 0.5) is 0 Å². The van der Waals surface area contributed by atoms with Gasteiger partial charge >= 0.3 is 0 Å². The van der Waals surface area contributed by atoms with Crippen molar-refractivity contribution in [1.82, 2.24) is 15.0 Å². The Morgan fingerprint density at radius 2 is 1.05 bits per heavy atom. The zero-order chi connectivity index (χ0) is 28.2. The third-order valence-corrected chi connectivity index (χ3v) is 7.64. The summed E-state index contributed by atoms with van der Waals surface area (Å²) in [5.74, 6) is 1.81. The maximum absolute atomic E-state index is 6.34. The summed E-state index contributed by atoms with van der Waals surface area (Å²) in [5.41, 5.74) is 7.68. The molecule has 0 unspecified atom stereocenters. The lowest BCUT2D eigenvalue weighted by molar-refractivity contribution is 0.577. The monoisotopic (exact) mass is 541 g/mol. The van der Waals surface area contributed by atoms with Crippen LogP contribution in [0, 0.1) is 0 Å². The first-order chi connectivity index (χ1) is 20.6. The number of fused-ring (bicyclic) bond motifs is 4. The second kappa shape index (κ2) is 9.39. The van der Waals surface area contributed by atoms with E-state index in [1.54, 1.807) is 0 Å². The second-order valence-electron chi connectivity index (χ2n) is 10.2. The molecular formula is C37H23N3O2. The Morgan fingerprint density at radius 3 is 1.71 bits per heavy atom. The fraction of sp³-hybridized carbons (Fsp3) is 0. The van der Waals surface area contributed by atoms with Crippen molar-refractivity contribution in [1.29, 1.82) is 0 Å². The zero-order valence-electron chi connectivity index (χ0n) is 22.5. The lowest BCUT2D eigenvalue weighted by atomic mass is 9.98. The number of benzene rings is 5. The van der Waals surface area contributed by atoms with E-state index in [1.165, 1.54) is 0 Å². The van der Waals surface area contributed by atoms with Gasteiger partial charge in [0.2, 0.25) is 0 Å². The Kier molecular flexibility index (Phi) is 5.37. The number of aromatic nitrogens is 3. The molecule has 8 rings (SSSR count). The van der Waals surface area contributed by atoms with Gasteiger partial charge in [0, 0.05) is 38.1 Å². The standard InChI is InChI=1S/C37H23N3O2/c1-22-23(2)41-31-17-9-15-27(33(22)31)26-19-20-30-29(21-26)34-28(16-10-18-32(34)42-30)37-39-35(24-11-5-3-6-12-24)38-36(40-37)25-13-7-4-8-14-25/h3-21H,1-2H2. The van der Waals surface area contributed by atoms with Gasteiger partial charge in [0.1, 0.15) is 22.2 Å². The number of rotatable bonds is 4.